The molecule has 0 unspecified atom stereocenters. The predicted octanol–water partition coefficient (Wildman–Crippen LogP) is 1.79. The highest BCUT2D eigenvalue weighted by molar-refractivity contribution is 5.92. The van der Waals surface area contributed by atoms with Crippen molar-refractivity contribution in [1.82, 2.24) is 0 Å². The van der Waals surface area contributed by atoms with E-state index in [1.807, 2.05) is 6.07 Å². The van der Waals surface area contributed by atoms with Gasteiger partial charge in [0.25, 0.3) is 5.76 Å². The van der Waals surface area contributed by atoms with Crippen LogP contribution in [-0.2, 0) is 16.1 Å². The normalized spacial score (nSPS) is 10.0. The lowest BCUT2D eigenvalue weighted by Gasteiger charge is -2.09. The van der Waals surface area contributed by atoms with Gasteiger partial charge in [-0.3, -0.25) is 4.79 Å². The Morgan fingerprint density at radius 2 is 1.70 bits per heavy atom. The summed E-state index contributed by atoms with van der Waals surface area (Å²) in [5.74, 6) is -2.59. The third-order valence-corrected chi connectivity index (χ3v) is 2.95. The summed E-state index contributed by atoms with van der Waals surface area (Å²) in [5, 5.41) is 0. The molecule has 23 heavy (non-hydrogen) atoms. The van der Waals surface area contributed by atoms with E-state index in [-0.39, 0.29) is 12.2 Å². The van der Waals surface area contributed by atoms with Gasteiger partial charge in [-0.1, -0.05) is 30.3 Å². The number of benzene rings is 1. The highest BCUT2D eigenvalue weighted by Gasteiger charge is 2.25. The van der Waals surface area contributed by atoms with Crippen LogP contribution in [0, 0.1) is 0 Å². The van der Waals surface area contributed by atoms with Gasteiger partial charge in [0.15, 0.2) is 0 Å². The second-order valence-corrected chi connectivity index (χ2v) is 4.39. The molecule has 2 aromatic rings. The Kier molecular flexibility index (Phi) is 5.14. The van der Waals surface area contributed by atoms with E-state index < -0.39 is 28.9 Å². The molecule has 0 fully saturated rings. The molecule has 0 amide bonds. The van der Waals surface area contributed by atoms with E-state index in [2.05, 4.69) is 9.47 Å². The highest BCUT2D eigenvalue weighted by Crippen LogP contribution is 2.18. The van der Waals surface area contributed by atoms with Crippen molar-refractivity contribution in [1.29, 1.82) is 0 Å². The second-order valence-electron chi connectivity index (χ2n) is 4.39. The van der Waals surface area contributed by atoms with Gasteiger partial charge in [-0.2, -0.15) is 0 Å². The van der Waals surface area contributed by atoms with E-state index in [4.69, 9.17) is 9.15 Å². The number of hydrogen-bond donors (Lipinski definition) is 0. The Labute approximate surface area is 131 Å². The standard InChI is InChI=1S/C16H14O7/c1-20-15(18)11-9-23-14(16(19)21-2)13(12(11)17)22-8-10-6-4-3-5-7-10/h3-7,9H,8H2,1-2H3. The molecule has 1 aromatic heterocycles. The molecule has 0 N–H and O–H groups in total. The first-order valence-corrected chi connectivity index (χ1v) is 6.57. The van der Waals surface area contributed by atoms with Gasteiger partial charge in [-0.15, -0.1) is 0 Å². The summed E-state index contributed by atoms with van der Waals surface area (Å²) in [7, 11) is 2.26. The Morgan fingerprint density at radius 1 is 1.04 bits per heavy atom. The zero-order valence-corrected chi connectivity index (χ0v) is 12.5. The van der Waals surface area contributed by atoms with Crippen LogP contribution in [0.25, 0.3) is 0 Å². The van der Waals surface area contributed by atoms with Crippen LogP contribution in [0.3, 0.4) is 0 Å². The molecule has 2 rings (SSSR count). The molecule has 120 valence electrons. The van der Waals surface area contributed by atoms with Crippen LogP contribution in [0.5, 0.6) is 5.75 Å². The van der Waals surface area contributed by atoms with E-state index in [0.29, 0.717) is 0 Å². The van der Waals surface area contributed by atoms with Crippen LogP contribution in [0.15, 0.2) is 45.8 Å². The molecule has 0 saturated heterocycles. The topological polar surface area (TPSA) is 92.0 Å². The van der Waals surface area contributed by atoms with E-state index in [9.17, 15) is 14.4 Å². The summed E-state index contributed by atoms with van der Waals surface area (Å²) >= 11 is 0. The lowest BCUT2D eigenvalue weighted by Crippen LogP contribution is -2.21. The number of esters is 2. The maximum atomic E-state index is 12.3. The molecule has 0 aliphatic heterocycles. The SMILES string of the molecule is COC(=O)c1occ(C(=O)OC)c(=O)c1OCc1ccccc1. The van der Waals surface area contributed by atoms with E-state index in [0.717, 1.165) is 26.0 Å². The van der Waals surface area contributed by atoms with Crippen molar-refractivity contribution in [3.05, 3.63) is 63.7 Å². The minimum Gasteiger partial charge on any atom is -0.481 e. The summed E-state index contributed by atoms with van der Waals surface area (Å²) in [6, 6.07) is 8.99. The van der Waals surface area contributed by atoms with Crippen LogP contribution < -0.4 is 10.2 Å². The summed E-state index contributed by atoms with van der Waals surface area (Å²) in [4.78, 5) is 35.6. The first-order valence-electron chi connectivity index (χ1n) is 6.57. The van der Waals surface area contributed by atoms with Crippen molar-refractivity contribution in [2.45, 2.75) is 6.61 Å². The van der Waals surface area contributed by atoms with Crippen LogP contribution in [-0.4, -0.2) is 26.2 Å². The number of rotatable bonds is 5. The van der Waals surface area contributed by atoms with Crippen LogP contribution >= 0.6 is 0 Å². The third kappa shape index (κ3) is 3.57. The Balaban J connectivity index is 2.42. The Bertz CT molecular complexity index is 762. The summed E-state index contributed by atoms with van der Waals surface area (Å²) in [6.07, 6.45) is 0.843. The molecule has 0 aliphatic carbocycles. The van der Waals surface area contributed by atoms with Gasteiger partial charge in [0, 0.05) is 0 Å². The zero-order chi connectivity index (χ0) is 16.8. The van der Waals surface area contributed by atoms with Crippen LogP contribution in [0.4, 0.5) is 0 Å². The molecule has 0 aliphatic rings. The molecule has 1 heterocycles. The van der Waals surface area contributed by atoms with Gasteiger partial charge >= 0.3 is 11.9 Å². The lowest BCUT2D eigenvalue weighted by atomic mass is 10.2. The minimum atomic E-state index is -0.889. The third-order valence-electron chi connectivity index (χ3n) is 2.95. The quantitative estimate of drug-likeness (QED) is 0.776. The number of carbonyl (C=O) groups excluding carboxylic acids is 2. The fraction of sp³-hybridized carbons (Fsp3) is 0.188. The van der Waals surface area contributed by atoms with Gasteiger partial charge < -0.3 is 18.6 Å². The van der Waals surface area contributed by atoms with Crippen molar-refractivity contribution < 1.29 is 28.2 Å². The van der Waals surface area contributed by atoms with Crippen LogP contribution in [0.2, 0.25) is 0 Å². The summed E-state index contributed by atoms with van der Waals surface area (Å²) < 4.78 is 19.5. The molecule has 7 nitrogen and oxygen atoms in total. The van der Waals surface area contributed by atoms with Crippen molar-refractivity contribution >= 4 is 11.9 Å². The van der Waals surface area contributed by atoms with Crippen molar-refractivity contribution in [2.75, 3.05) is 14.2 Å². The first kappa shape index (κ1) is 16.3. The predicted molar refractivity (Wildman–Crippen MR) is 78.4 cm³/mol. The van der Waals surface area contributed by atoms with Gasteiger partial charge in [-0.25, -0.2) is 9.59 Å². The number of methoxy groups -OCH3 is 2. The molecule has 0 bridgehead atoms. The Morgan fingerprint density at radius 3 is 2.30 bits per heavy atom. The van der Waals surface area contributed by atoms with E-state index in [1.54, 1.807) is 24.3 Å². The van der Waals surface area contributed by atoms with Gasteiger partial charge in [0.2, 0.25) is 11.2 Å². The molecule has 0 spiro atoms. The summed E-state index contributed by atoms with van der Waals surface area (Å²) in [6.45, 7) is 0.0141. The fourth-order valence-electron chi connectivity index (χ4n) is 1.80. The molecule has 0 radical (unpaired) electrons. The maximum Gasteiger partial charge on any atom is 0.378 e. The first-order chi connectivity index (χ1) is 11.1. The highest BCUT2D eigenvalue weighted by atomic mass is 16.5. The fourth-order valence-corrected chi connectivity index (χ4v) is 1.80. The van der Waals surface area contributed by atoms with E-state index >= 15 is 0 Å². The van der Waals surface area contributed by atoms with Gasteiger partial charge in [-0.05, 0) is 5.56 Å². The molecular formula is C16H14O7. The van der Waals surface area contributed by atoms with Crippen LogP contribution in [0.1, 0.15) is 26.5 Å². The average molecular weight is 318 g/mol. The average Bonchev–Trinajstić information content (AvgIpc) is 2.60. The lowest BCUT2D eigenvalue weighted by molar-refractivity contribution is 0.0539. The Hall–Kier alpha value is -3.09. The van der Waals surface area contributed by atoms with Crippen molar-refractivity contribution in [3.8, 4) is 5.75 Å². The van der Waals surface area contributed by atoms with Crippen molar-refractivity contribution in [3.63, 3.8) is 0 Å². The number of ether oxygens (including phenoxy) is 3. The smallest absolute Gasteiger partial charge is 0.378 e. The van der Waals surface area contributed by atoms with Crippen molar-refractivity contribution in [2.24, 2.45) is 0 Å². The second kappa shape index (κ2) is 7.26. The molecule has 0 saturated carbocycles. The largest absolute Gasteiger partial charge is 0.481 e. The number of carbonyl (C=O) groups is 2. The summed E-state index contributed by atoms with van der Waals surface area (Å²) in [5.41, 5.74) is -0.408. The molecular weight excluding hydrogens is 304 g/mol. The molecule has 0 atom stereocenters. The zero-order valence-electron chi connectivity index (χ0n) is 12.5. The van der Waals surface area contributed by atoms with E-state index in [1.165, 1.54) is 0 Å². The monoisotopic (exact) mass is 318 g/mol. The maximum absolute atomic E-state index is 12.3. The minimum absolute atomic E-state index is 0.0141. The molecule has 1 aromatic carbocycles. The molecule has 7 heteroatoms. The van der Waals surface area contributed by atoms with Gasteiger partial charge in [0.1, 0.15) is 18.4 Å². The van der Waals surface area contributed by atoms with Gasteiger partial charge in [0.05, 0.1) is 14.2 Å². The number of hydrogen-bond acceptors (Lipinski definition) is 7.